The van der Waals surface area contributed by atoms with E-state index in [2.05, 4.69) is 42.6 Å². The lowest BCUT2D eigenvalue weighted by atomic mass is 10.0. The first-order valence-corrected chi connectivity index (χ1v) is 14.9. The summed E-state index contributed by atoms with van der Waals surface area (Å²) in [5.41, 5.74) is 0. The lowest BCUT2D eigenvalue weighted by molar-refractivity contribution is -0.131. The first kappa shape index (κ1) is 35.3. The maximum atomic E-state index is 12.3. The number of hydrogen-bond donors (Lipinski definition) is 4. The van der Waals surface area contributed by atoms with Crippen LogP contribution in [-0.2, 0) is 4.79 Å². The van der Waals surface area contributed by atoms with Crippen LogP contribution in [0.4, 0.5) is 0 Å². The van der Waals surface area contributed by atoms with Crippen LogP contribution < -0.4 is 5.32 Å². The van der Waals surface area contributed by atoms with E-state index in [1.165, 1.54) is 51.4 Å². The van der Waals surface area contributed by atoms with Gasteiger partial charge in [-0.25, -0.2) is 0 Å². The van der Waals surface area contributed by atoms with Crippen LogP contribution in [0.25, 0.3) is 0 Å². The molecule has 0 aliphatic heterocycles. The smallest absolute Gasteiger partial charge is 0.249 e. The quantitative estimate of drug-likeness (QED) is 0.0766. The highest BCUT2D eigenvalue weighted by Gasteiger charge is 2.22. The maximum Gasteiger partial charge on any atom is 0.249 e. The van der Waals surface area contributed by atoms with Gasteiger partial charge in [-0.15, -0.1) is 0 Å². The van der Waals surface area contributed by atoms with E-state index < -0.39 is 24.2 Å². The molecule has 0 rings (SSSR count). The van der Waals surface area contributed by atoms with Crippen LogP contribution in [0.3, 0.4) is 0 Å². The van der Waals surface area contributed by atoms with Gasteiger partial charge in [0.25, 0.3) is 0 Å². The summed E-state index contributed by atoms with van der Waals surface area (Å²) in [5.74, 6) is -0.531. The standard InChI is InChI=1S/C32H57NO4/c1-3-5-7-9-11-13-14-15-16-17-19-21-23-25-27-31(36)32(37)33-29(28-34)30(35)26-24-22-20-18-12-10-8-6-4-2/h4,6,12-14,18,24,26,29-31,34-36H,3,5,7-11,15-17,19-23,25,27-28H2,1-2H3,(H,33,37)/b6-4+,14-13-,18-12+,26-24+. The van der Waals surface area contributed by atoms with Crippen LogP contribution in [-0.4, -0.2) is 46.1 Å². The summed E-state index contributed by atoms with van der Waals surface area (Å²) in [5, 5.41) is 32.6. The van der Waals surface area contributed by atoms with Crippen molar-refractivity contribution < 1.29 is 20.1 Å². The number of nitrogens with one attached hydrogen (secondary N) is 1. The molecule has 0 saturated heterocycles. The molecule has 3 atom stereocenters. The number of carbonyl (C=O) groups excluding carboxylic acids is 1. The van der Waals surface area contributed by atoms with Crippen LogP contribution >= 0.6 is 0 Å². The third-order valence-electron chi connectivity index (χ3n) is 6.46. The number of amides is 1. The van der Waals surface area contributed by atoms with Gasteiger partial charge in [-0.2, -0.15) is 0 Å². The summed E-state index contributed by atoms with van der Waals surface area (Å²) in [4.78, 5) is 12.3. The third-order valence-corrected chi connectivity index (χ3v) is 6.46. The average molecular weight is 520 g/mol. The van der Waals surface area contributed by atoms with Crippen molar-refractivity contribution in [3.63, 3.8) is 0 Å². The van der Waals surface area contributed by atoms with E-state index in [4.69, 9.17) is 0 Å². The van der Waals surface area contributed by atoms with Gasteiger partial charge in [0.1, 0.15) is 6.10 Å². The zero-order valence-electron chi connectivity index (χ0n) is 23.8. The molecule has 0 radical (unpaired) electrons. The molecule has 0 aliphatic carbocycles. The molecule has 5 nitrogen and oxygen atoms in total. The highest BCUT2D eigenvalue weighted by molar-refractivity contribution is 5.80. The Labute approximate surface area is 227 Å². The van der Waals surface area contributed by atoms with Gasteiger partial charge in [-0.1, -0.05) is 107 Å². The van der Waals surface area contributed by atoms with Crippen molar-refractivity contribution in [3.8, 4) is 0 Å². The zero-order valence-corrected chi connectivity index (χ0v) is 23.8. The Morgan fingerprint density at radius 3 is 1.81 bits per heavy atom. The van der Waals surface area contributed by atoms with Crippen LogP contribution in [0.5, 0.6) is 0 Å². The van der Waals surface area contributed by atoms with Crippen molar-refractivity contribution >= 4 is 5.91 Å². The zero-order chi connectivity index (χ0) is 27.4. The molecule has 0 aromatic rings. The second-order valence-corrected chi connectivity index (χ2v) is 9.95. The molecule has 1 amide bonds. The van der Waals surface area contributed by atoms with Crippen molar-refractivity contribution in [1.82, 2.24) is 5.32 Å². The average Bonchev–Trinajstić information content (AvgIpc) is 2.90. The molecular formula is C32H57NO4. The second kappa shape index (κ2) is 27.3. The minimum Gasteiger partial charge on any atom is -0.394 e. The molecule has 0 aromatic carbocycles. The molecule has 3 unspecified atom stereocenters. The Morgan fingerprint density at radius 1 is 0.703 bits per heavy atom. The number of carbonyl (C=O) groups is 1. The van der Waals surface area contributed by atoms with Crippen LogP contribution in [0.2, 0.25) is 0 Å². The Morgan fingerprint density at radius 2 is 1.22 bits per heavy atom. The minimum atomic E-state index is -1.11. The minimum absolute atomic E-state index is 0.386. The van der Waals surface area contributed by atoms with Gasteiger partial charge >= 0.3 is 0 Å². The van der Waals surface area contributed by atoms with Crippen molar-refractivity contribution in [1.29, 1.82) is 0 Å². The Hall–Kier alpha value is -1.69. The monoisotopic (exact) mass is 519 g/mol. The molecule has 4 N–H and O–H groups in total. The van der Waals surface area contributed by atoms with Crippen LogP contribution in [0.1, 0.15) is 123 Å². The number of unbranched alkanes of at least 4 members (excludes halogenated alkanes) is 12. The van der Waals surface area contributed by atoms with E-state index in [-0.39, 0.29) is 6.61 Å². The summed E-state index contributed by atoms with van der Waals surface area (Å²) < 4.78 is 0. The van der Waals surface area contributed by atoms with E-state index in [0.717, 1.165) is 51.4 Å². The van der Waals surface area contributed by atoms with Gasteiger partial charge in [0.05, 0.1) is 18.8 Å². The van der Waals surface area contributed by atoms with Crippen LogP contribution in [0, 0.1) is 0 Å². The van der Waals surface area contributed by atoms with Gasteiger partial charge in [0, 0.05) is 0 Å². The number of aliphatic hydroxyl groups is 3. The third kappa shape index (κ3) is 23.2. The fourth-order valence-electron chi connectivity index (χ4n) is 4.04. The maximum absolute atomic E-state index is 12.3. The Kier molecular flexibility index (Phi) is 26.1. The molecule has 37 heavy (non-hydrogen) atoms. The largest absolute Gasteiger partial charge is 0.394 e. The molecule has 0 aromatic heterocycles. The molecule has 0 saturated carbocycles. The number of rotatable bonds is 25. The van der Waals surface area contributed by atoms with Crippen molar-refractivity contribution in [2.24, 2.45) is 0 Å². The fourth-order valence-corrected chi connectivity index (χ4v) is 4.04. The van der Waals surface area contributed by atoms with Gasteiger partial charge in [-0.3, -0.25) is 4.79 Å². The molecule has 0 bridgehead atoms. The number of hydrogen-bond acceptors (Lipinski definition) is 4. The van der Waals surface area contributed by atoms with Crippen molar-refractivity contribution in [3.05, 3.63) is 48.6 Å². The van der Waals surface area contributed by atoms with Gasteiger partial charge in [0.2, 0.25) is 5.91 Å². The predicted molar refractivity (Wildman–Crippen MR) is 157 cm³/mol. The second-order valence-electron chi connectivity index (χ2n) is 9.95. The number of allylic oxidation sites excluding steroid dienone is 7. The lowest BCUT2D eigenvalue weighted by Gasteiger charge is -2.21. The molecular weight excluding hydrogens is 462 g/mol. The van der Waals surface area contributed by atoms with E-state index in [1.807, 2.05) is 19.1 Å². The van der Waals surface area contributed by atoms with Crippen molar-refractivity contribution in [2.45, 2.75) is 141 Å². The van der Waals surface area contributed by atoms with E-state index in [9.17, 15) is 20.1 Å². The SMILES string of the molecule is C/C=C/CC/C=C/CC/C=C/C(O)C(CO)NC(=O)C(O)CCCCCCCC/C=C\CCCCCC. The normalized spacial score (nSPS) is 14.8. The summed E-state index contributed by atoms with van der Waals surface area (Å²) >= 11 is 0. The first-order chi connectivity index (χ1) is 18.1. The Bertz CT molecular complexity index is 626. The molecule has 0 aliphatic rings. The van der Waals surface area contributed by atoms with E-state index >= 15 is 0 Å². The lowest BCUT2D eigenvalue weighted by Crippen LogP contribution is -2.48. The van der Waals surface area contributed by atoms with E-state index in [0.29, 0.717) is 6.42 Å². The topological polar surface area (TPSA) is 89.8 Å². The van der Waals surface area contributed by atoms with Crippen LogP contribution in [0.15, 0.2) is 48.6 Å². The molecule has 5 heteroatoms. The first-order valence-electron chi connectivity index (χ1n) is 14.9. The summed E-state index contributed by atoms with van der Waals surface area (Å²) in [7, 11) is 0. The Balaban J connectivity index is 3.88. The molecule has 214 valence electrons. The summed E-state index contributed by atoms with van der Waals surface area (Å²) in [6.45, 7) is 3.87. The van der Waals surface area contributed by atoms with Gasteiger partial charge in [0.15, 0.2) is 0 Å². The van der Waals surface area contributed by atoms with Gasteiger partial charge in [-0.05, 0) is 64.7 Å². The summed E-state index contributed by atoms with van der Waals surface area (Å²) in [6.07, 6.45) is 32.8. The highest BCUT2D eigenvalue weighted by Crippen LogP contribution is 2.11. The molecule has 0 fully saturated rings. The number of aliphatic hydroxyl groups excluding tert-OH is 3. The summed E-state index contributed by atoms with van der Waals surface area (Å²) in [6, 6.07) is -0.819. The van der Waals surface area contributed by atoms with Gasteiger partial charge < -0.3 is 20.6 Å². The highest BCUT2D eigenvalue weighted by atomic mass is 16.3. The van der Waals surface area contributed by atoms with E-state index in [1.54, 1.807) is 6.08 Å². The van der Waals surface area contributed by atoms with Crippen molar-refractivity contribution in [2.75, 3.05) is 6.61 Å². The predicted octanol–water partition coefficient (Wildman–Crippen LogP) is 7.08. The molecule has 0 heterocycles. The molecule has 0 spiro atoms. The fraction of sp³-hybridized carbons (Fsp3) is 0.719.